The van der Waals surface area contributed by atoms with E-state index in [1.165, 1.54) is 0 Å². The molecule has 3 atom stereocenters. The lowest BCUT2D eigenvalue weighted by Crippen LogP contribution is -2.59. The summed E-state index contributed by atoms with van der Waals surface area (Å²) in [5, 5.41) is 3.28. The molecule has 1 fully saturated rings. The first-order valence-electron chi connectivity index (χ1n) is 7.64. The van der Waals surface area contributed by atoms with Gasteiger partial charge in [-0.05, 0) is 39.3 Å². The Balaban J connectivity index is 2.68. The number of carbonyl (C=O) groups excluding carboxylic acids is 1. The Morgan fingerprint density at radius 2 is 2.15 bits per heavy atom. The Bertz CT molecular complexity index is 311. The van der Waals surface area contributed by atoms with Gasteiger partial charge in [-0.2, -0.15) is 0 Å². The lowest BCUT2D eigenvalue weighted by molar-refractivity contribution is -0.152. The van der Waals surface area contributed by atoms with Crippen molar-refractivity contribution in [3.05, 3.63) is 0 Å². The smallest absolute Gasteiger partial charge is 0.327 e. The highest BCUT2D eigenvalue weighted by molar-refractivity contribution is 5.80. The highest BCUT2D eigenvalue weighted by atomic mass is 16.5. The number of ether oxygens (including phenoxy) is 2. The molecule has 0 aliphatic carbocycles. The molecule has 0 bridgehead atoms. The Morgan fingerprint density at radius 3 is 2.70 bits per heavy atom. The highest BCUT2D eigenvalue weighted by Crippen LogP contribution is 2.21. The topological polar surface area (TPSA) is 50.8 Å². The van der Waals surface area contributed by atoms with Gasteiger partial charge in [0.2, 0.25) is 0 Å². The molecule has 1 aliphatic rings. The molecule has 0 amide bonds. The summed E-state index contributed by atoms with van der Waals surface area (Å²) in [6.07, 6.45) is 1.35. The summed E-state index contributed by atoms with van der Waals surface area (Å²) in [5.74, 6) is 0.402. The van der Waals surface area contributed by atoms with Crippen LogP contribution in [0.5, 0.6) is 0 Å². The van der Waals surface area contributed by atoms with Crippen LogP contribution in [0, 0.1) is 5.92 Å². The number of nitrogens with zero attached hydrogens (tertiary/aromatic N) is 1. The first-order chi connectivity index (χ1) is 9.46. The Morgan fingerprint density at radius 1 is 1.45 bits per heavy atom. The number of likely N-dealkylation sites (N-methyl/N-ethyl adjacent to an activating group) is 1. The van der Waals surface area contributed by atoms with E-state index in [1.807, 2.05) is 20.8 Å². The van der Waals surface area contributed by atoms with Crippen molar-refractivity contribution in [2.75, 3.05) is 39.9 Å². The summed E-state index contributed by atoms with van der Waals surface area (Å²) in [5.41, 5.74) is -0.649. The van der Waals surface area contributed by atoms with Gasteiger partial charge in [-0.15, -0.1) is 0 Å². The Labute approximate surface area is 123 Å². The van der Waals surface area contributed by atoms with Crippen LogP contribution in [0.3, 0.4) is 0 Å². The molecule has 0 aromatic heterocycles. The fourth-order valence-electron chi connectivity index (χ4n) is 2.87. The van der Waals surface area contributed by atoms with Gasteiger partial charge < -0.3 is 14.8 Å². The molecule has 1 aliphatic heterocycles. The second kappa shape index (κ2) is 7.96. The standard InChI is InChI=1S/C15H30N2O3/c1-6-16-15(4,14(18)20-7-2)11-17-9-8-12(3)13(10-17)19-5/h12-13,16H,6-11H2,1-5H3. The van der Waals surface area contributed by atoms with Crippen LogP contribution >= 0.6 is 0 Å². The van der Waals surface area contributed by atoms with E-state index in [0.29, 0.717) is 19.1 Å². The van der Waals surface area contributed by atoms with Crippen LogP contribution in [0.1, 0.15) is 34.1 Å². The molecule has 0 aromatic rings. The molecule has 5 nitrogen and oxygen atoms in total. The summed E-state index contributed by atoms with van der Waals surface area (Å²) in [6, 6.07) is 0. The van der Waals surface area contributed by atoms with E-state index < -0.39 is 5.54 Å². The fourth-order valence-corrected chi connectivity index (χ4v) is 2.87. The van der Waals surface area contributed by atoms with E-state index in [9.17, 15) is 4.79 Å². The first kappa shape index (κ1) is 17.4. The van der Waals surface area contributed by atoms with E-state index >= 15 is 0 Å². The summed E-state index contributed by atoms with van der Waals surface area (Å²) >= 11 is 0. The van der Waals surface area contributed by atoms with Crippen LogP contribution in [-0.2, 0) is 14.3 Å². The quantitative estimate of drug-likeness (QED) is 0.714. The maximum Gasteiger partial charge on any atom is 0.327 e. The van der Waals surface area contributed by atoms with Crippen molar-refractivity contribution < 1.29 is 14.3 Å². The van der Waals surface area contributed by atoms with Crippen LogP contribution in [0.25, 0.3) is 0 Å². The minimum absolute atomic E-state index is 0.172. The van der Waals surface area contributed by atoms with Crippen LogP contribution in [0.4, 0.5) is 0 Å². The lowest BCUT2D eigenvalue weighted by Gasteiger charge is -2.40. The zero-order valence-electron chi connectivity index (χ0n) is 13.6. The van der Waals surface area contributed by atoms with Crippen LogP contribution in [0.15, 0.2) is 0 Å². The molecule has 0 spiro atoms. The number of hydrogen-bond donors (Lipinski definition) is 1. The van der Waals surface area contributed by atoms with E-state index in [1.54, 1.807) is 7.11 Å². The van der Waals surface area contributed by atoms with Crippen molar-refractivity contribution in [3.63, 3.8) is 0 Å². The van der Waals surface area contributed by atoms with E-state index in [2.05, 4.69) is 17.1 Å². The molecular weight excluding hydrogens is 256 g/mol. The van der Waals surface area contributed by atoms with Gasteiger partial charge in [0.15, 0.2) is 0 Å². The maximum atomic E-state index is 12.2. The molecule has 3 unspecified atom stereocenters. The molecule has 20 heavy (non-hydrogen) atoms. The third-order valence-corrected chi connectivity index (χ3v) is 4.11. The van der Waals surface area contributed by atoms with Gasteiger partial charge in [0.05, 0.1) is 12.7 Å². The molecule has 0 saturated carbocycles. The van der Waals surface area contributed by atoms with Crippen molar-refractivity contribution in [1.82, 2.24) is 10.2 Å². The molecule has 0 radical (unpaired) electrons. The predicted octanol–water partition coefficient (Wildman–Crippen LogP) is 1.27. The molecule has 0 aromatic carbocycles. The van der Waals surface area contributed by atoms with Crippen molar-refractivity contribution in [3.8, 4) is 0 Å². The summed E-state index contributed by atoms with van der Waals surface area (Å²) in [7, 11) is 1.76. The van der Waals surface area contributed by atoms with Crippen LogP contribution in [0.2, 0.25) is 0 Å². The SMILES string of the molecule is CCNC(C)(CN1CCC(C)C(OC)C1)C(=O)OCC. The number of likely N-dealkylation sites (tertiary alicyclic amines) is 1. The molecule has 5 heteroatoms. The second-order valence-electron chi connectivity index (χ2n) is 5.86. The number of esters is 1. The maximum absolute atomic E-state index is 12.2. The fraction of sp³-hybridized carbons (Fsp3) is 0.933. The third-order valence-electron chi connectivity index (χ3n) is 4.11. The number of nitrogens with one attached hydrogen (secondary N) is 1. The third kappa shape index (κ3) is 4.43. The second-order valence-corrected chi connectivity index (χ2v) is 5.86. The Hall–Kier alpha value is -0.650. The molecule has 1 heterocycles. The zero-order chi connectivity index (χ0) is 15.2. The van der Waals surface area contributed by atoms with Gasteiger partial charge in [0.25, 0.3) is 0 Å². The minimum Gasteiger partial charge on any atom is -0.465 e. The monoisotopic (exact) mass is 286 g/mol. The number of piperidine rings is 1. The van der Waals surface area contributed by atoms with Crippen LogP contribution in [-0.4, -0.2) is 62.4 Å². The number of methoxy groups -OCH3 is 1. The molecular formula is C15H30N2O3. The summed E-state index contributed by atoms with van der Waals surface area (Å²) in [4.78, 5) is 14.5. The molecule has 118 valence electrons. The molecule has 1 N–H and O–H groups in total. The average Bonchev–Trinajstić information content (AvgIpc) is 2.41. The molecule has 1 rings (SSSR count). The van der Waals surface area contributed by atoms with Gasteiger partial charge >= 0.3 is 5.97 Å². The van der Waals surface area contributed by atoms with Gasteiger partial charge in [0, 0.05) is 20.2 Å². The number of carbonyl (C=O) groups is 1. The van der Waals surface area contributed by atoms with Gasteiger partial charge in [-0.25, -0.2) is 0 Å². The van der Waals surface area contributed by atoms with Gasteiger partial charge in [-0.1, -0.05) is 13.8 Å². The van der Waals surface area contributed by atoms with Gasteiger partial charge in [-0.3, -0.25) is 9.69 Å². The number of rotatable bonds is 7. The van der Waals surface area contributed by atoms with E-state index in [0.717, 1.165) is 26.1 Å². The van der Waals surface area contributed by atoms with Crippen molar-refractivity contribution in [2.24, 2.45) is 5.92 Å². The lowest BCUT2D eigenvalue weighted by atomic mass is 9.93. The van der Waals surface area contributed by atoms with Crippen molar-refractivity contribution in [2.45, 2.75) is 45.8 Å². The van der Waals surface area contributed by atoms with E-state index in [4.69, 9.17) is 9.47 Å². The highest BCUT2D eigenvalue weighted by Gasteiger charge is 2.38. The average molecular weight is 286 g/mol. The zero-order valence-corrected chi connectivity index (χ0v) is 13.6. The Kier molecular flexibility index (Phi) is 6.92. The summed E-state index contributed by atoms with van der Waals surface area (Å²) < 4.78 is 10.8. The van der Waals surface area contributed by atoms with Crippen molar-refractivity contribution in [1.29, 1.82) is 0 Å². The first-order valence-corrected chi connectivity index (χ1v) is 7.64. The summed E-state index contributed by atoms with van der Waals surface area (Å²) in [6.45, 7) is 11.7. The molecule has 1 saturated heterocycles. The number of hydrogen-bond acceptors (Lipinski definition) is 5. The normalized spacial score (nSPS) is 27.1. The van der Waals surface area contributed by atoms with Crippen LogP contribution < -0.4 is 5.32 Å². The predicted molar refractivity (Wildman–Crippen MR) is 79.7 cm³/mol. The van der Waals surface area contributed by atoms with Gasteiger partial charge in [0.1, 0.15) is 5.54 Å². The largest absolute Gasteiger partial charge is 0.465 e. The van der Waals surface area contributed by atoms with E-state index in [-0.39, 0.29) is 12.1 Å². The minimum atomic E-state index is -0.649. The van der Waals surface area contributed by atoms with Crippen molar-refractivity contribution >= 4 is 5.97 Å².